The van der Waals surface area contributed by atoms with Crippen molar-refractivity contribution in [3.05, 3.63) is 29.8 Å². The van der Waals surface area contributed by atoms with Crippen molar-refractivity contribution >= 4 is 23.4 Å². The molecule has 0 radical (unpaired) electrons. The second-order valence-corrected chi connectivity index (χ2v) is 8.80. The molecule has 0 aliphatic carbocycles. The minimum Gasteiger partial charge on any atom is -0.341 e. The highest BCUT2D eigenvalue weighted by Gasteiger charge is 2.28. The molecule has 2 heterocycles. The number of hydrogen-bond acceptors (Lipinski definition) is 4. The van der Waals surface area contributed by atoms with Crippen LogP contribution >= 0.6 is 0 Å². The number of nitrogens with zero attached hydrogens (tertiary/aromatic N) is 3. The van der Waals surface area contributed by atoms with E-state index in [2.05, 4.69) is 24.1 Å². The first-order chi connectivity index (χ1) is 14.4. The topological polar surface area (TPSA) is 73.0 Å². The predicted molar refractivity (Wildman–Crippen MR) is 117 cm³/mol. The summed E-state index contributed by atoms with van der Waals surface area (Å²) < 4.78 is 0. The number of rotatable bonds is 5. The van der Waals surface area contributed by atoms with Crippen molar-refractivity contribution in [3.8, 4) is 0 Å². The maximum absolute atomic E-state index is 12.9. The van der Waals surface area contributed by atoms with E-state index in [4.69, 9.17) is 0 Å². The van der Waals surface area contributed by atoms with Crippen LogP contribution in [0.3, 0.4) is 0 Å². The molecule has 0 aromatic heterocycles. The fraction of sp³-hybridized carbons (Fsp3) is 0.609. The summed E-state index contributed by atoms with van der Waals surface area (Å²) in [6.45, 7) is 11.0. The second kappa shape index (κ2) is 10.1. The highest BCUT2D eigenvalue weighted by atomic mass is 16.2. The molecule has 7 heteroatoms. The molecule has 3 amide bonds. The quantitative estimate of drug-likeness (QED) is 0.802. The summed E-state index contributed by atoms with van der Waals surface area (Å²) in [5, 5.41) is 2.80. The first-order valence-electron chi connectivity index (χ1n) is 11.0. The molecular formula is C23H34N4O3. The summed E-state index contributed by atoms with van der Waals surface area (Å²) in [6, 6.07) is 7.08. The molecule has 2 saturated heterocycles. The standard InChI is InChI=1S/C23H34N4O3/c1-4-21(28)24-20-7-5-6-19(13-20)23(30)26-10-8-25(9-11-26)16-22(29)27-14-17(2)12-18(3)15-27/h5-7,13,17-18H,4,8-12,14-16H2,1-3H3,(H,24,28). The van der Waals surface area contributed by atoms with Gasteiger partial charge >= 0.3 is 0 Å². The van der Waals surface area contributed by atoms with Crippen molar-refractivity contribution < 1.29 is 14.4 Å². The second-order valence-electron chi connectivity index (χ2n) is 8.80. The molecule has 0 bridgehead atoms. The van der Waals surface area contributed by atoms with Crippen LogP contribution in [0.15, 0.2) is 24.3 Å². The SMILES string of the molecule is CCC(=O)Nc1cccc(C(=O)N2CCN(CC(=O)N3CC(C)CC(C)C3)CC2)c1. The number of benzene rings is 1. The lowest BCUT2D eigenvalue weighted by atomic mass is 9.92. The van der Waals surface area contributed by atoms with Crippen molar-refractivity contribution in [1.29, 1.82) is 0 Å². The van der Waals surface area contributed by atoms with Crippen LogP contribution in [0.4, 0.5) is 5.69 Å². The summed E-state index contributed by atoms with van der Waals surface area (Å²) >= 11 is 0. The Labute approximate surface area is 179 Å². The first kappa shape index (κ1) is 22.3. The van der Waals surface area contributed by atoms with E-state index in [0.29, 0.717) is 62.2 Å². The number of likely N-dealkylation sites (tertiary alicyclic amines) is 1. The molecule has 2 aliphatic heterocycles. The average molecular weight is 415 g/mol. The van der Waals surface area contributed by atoms with Crippen LogP contribution in [0.2, 0.25) is 0 Å². The molecule has 3 rings (SSSR count). The van der Waals surface area contributed by atoms with E-state index in [1.165, 1.54) is 6.42 Å². The number of piperazine rings is 1. The molecule has 2 atom stereocenters. The van der Waals surface area contributed by atoms with Gasteiger partial charge in [-0.3, -0.25) is 19.3 Å². The molecule has 2 fully saturated rings. The Bertz CT molecular complexity index is 763. The van der Waals surface area contributed by atoms with Gasteiger partial charge in [0.05, 0.1) is 6.54 Å². The van der Waals surface area contributed by atoms with E-state index in [1.807, 2.05) is 9.80 Å². The number of carbonyl (C=O) groups is 3. The molecule has 2 unspecified atom stereocenters. The minimum absolute atomic E-state index is 0.0349. The summed E-state index contributed by atoms with van der Waals surface area (Å²) in [5.41, 5.74) is 1.21. The van der Waals surface area contributed by atoms with Gasteiger partial charge in [0.15, 0.2) is 0 Å². The fourth-order valence-corrected chi connectivity index (χ4v) is 4.43. The largest absolute Gasteiger partial charge is 0.341 e. The average Bonchev–Trinajstić information content (AvgIpc) is 2.73. The van der Waals surface area contributed by atoms with Crippen molar-refractivity contribution in [2.45, 2.75) is 33.6 Å². The third kappa shape index (κ3) is 5.81. The first-order valence-corrected chi connectivity index (χ1v) is 11.0. The fourth-order valence-electron chi connectivity index (χ4n) is 4.43. The van der Waals surface area contributed by atoms with Crippen LogP contribution < -0.4 is 5.32 Å². The third-order valence-corrected chi connectivity index (χ3v) is 5.95. The highest BCUT2D eigenvalue weighted by molar-refractivity contribution is 5.97. The van der Waals surface area contributed by atoms with Crippen LogP contribution in [0, 0.1) is 11.8 Å². The lowest BCUT2D eigenvalue weighted by Gasteiger charge is -2.38. The Morgan fingerprint density at radius 2 is 1.67 bits per heavy atom. The van der Waals surface area contributed by atoms with Crippen molar-refractivity contribution in [1.82, 2.24) is 14.7 Å². The number of carbonyl (C=O) groups excluding carboxylic acids is 3. The summed E-state index contributed by atoms with van der Waals surface area (Å²) in [7, 11) is 0. The molecule has 2 aliphatic rings. The molecule has 0 saturated carbocycles. The minimum atomic E-state index is -0.0737. The molecule has 7 nitrogen and oxygen atoms in total. The van der Waals surface area contributed by atoms with Gasteiger partial charge in [-0.05, 0) is 36.5 Å². The number of hydrogen-bond donors (Lipinski definition) is 1. The van der Waals surface area contributed by atoms with Gasteiger partial charge in [-0.25, -0.2) is 0 Å². The van der Waals surface area contributed by atoms with Crippen molar-refractivity contribution in [2.75, 3.05) is 51.1 Å². The van der Waals surface area contributed by atoms with E-state index in [9.17, 15) is 14.4 Å². The molecule has 1 aromatic carbocycles. The van der Waals surface area contributed by atoms with E-state index < -0.39 is 0 Å². The number of amides is 3. The predicted octanol–water partition coefficient (Wildman–Crippen LogP) is 2.30. The van der Waals surface area contributed by atoms with E-state index >= 15 is 0 Å². The zero-order chi connectivity index (χ0) is 21.7. The van der Waals surface area contributed by atoms with E-state index in [1.54, 1.807) is 31.2 Å². The zero-order valence-electron chi connectivity index (χ0n) is 18.4. The van der Waals surface area contributed by atoms with Crippen LogP contribution in [0.1, 0.15) is 44.0 Å². The van der Waals surface area contributed by atoms with E-state index in [0.717, 1.165) is 13.1 Å². The van der Waals surface area contributed by atoms with Gasteiger partial charge in [0, 0.05) is 56.9 Å². The highest BCUT2D eigenvalue weighted by Crippen LogP contribution is 2.21. The Morgan fingerprint density at radius 1 is 1.00 bits per heavy atom. The molecule has 1 N–H and O–H groups in total. The van der Waals surface area contributed by atoms with Crippen molar-refractivity contribution in [2.24, 2.45) is 11.8 Å². The molecule has 164 valence electrons. The van der Waals surface area contributed by atoms with Gasteiger partial charge in [-0.2, -0.15) is 0 Å². The smallest absolute Gasteiger partial charge is 0.254 e. The lowest BCUT2D eigenvalue weighted by molar-refractivity contribution is -0.135. The lowest BCUT2D eigenvalue weighted by Crippen LogP contribution is -2.53. The maximum Gasteiger partial charge on any atom is 0.254 e. The van der Waals surface area contributed by atoms with E-state index in [-0.39, 0.29) is 17.7 Å². The van der Waals surface area contributed by atoms with Gasteiger partial charge in [-0.15, -0.1) is 0 Å². The summed E-state index contributed by atoms with van der Waals surface area (Å²) in [4.78, 5) is 43.2. The van der Waals surface area contributed by atoms with Gasteiger partial charge in [0.2, 0.25) is 11.8 Å². The number of nitrogens with one attached hydrogen (secondary N) is 1. The Morgan fingerprint density at radius 3 is 2.30 bits per heavy atom. The van der Waals surface area contributed by atoms with Crippen LogP contribution in [0.5, 0.6) is 0 Å². The Kier molecular flexibility index (Phi) is 7.48. The monoisotopic (exact) mass is 414 g/mol. The summed E-state index contributed by atoms with van der Waals surface area (Å²) in [6.07, 6.45) is 1.59. The normalized spacial score (nSPS) is 22.6. The van der Waals surface area contributed by atoms with Crippen LogP contribution in [-0.2, 0) is 9.59 Å². The van der Waals surface area contributed by atoms with Gasteiger partial charge in [0.25, 0.3) is 5.91 Å². The molecular weight excluding hydrogens is 380 g/mol. The zero-order valence-corrected chi connectivity index (χ0v) is 18.4. The maximum atomic E-state index is 12.9. The van der Waals surface area contributed by atoms with Gasteiger partial charge in [-0.1, -0.05) is 26.8 Å². The van der Waals surface area contributed by atoms with Crippen LogP contribution in [-0.4, -0.2) is 78.2 Å². The van der Waals surface area contributed by atoms with Gasteiger partial charge < -0.3 is 15.1 Å². The third-order valence-electron chi connectivity index (χ3n) is 5.95. The number of anilines is 1. The molecule has 0 spiro atoms. The molecule has 1 aromatic rings. The molecule has 30 heavy (non-hydrogen) atoms. The van der Waals surface area contributed by atoms with Crippen LogP contribution in [0.25, 0.3) is 0 Å². The van der Waals surface area contributed by atoms with Crippen molar-refractivity contribution in [3.63, 3.8) is 0 Å². The Balaban J connectivity index is 1.50. The Hall–Kier alpha value is -2.41. The number of piperidine rings is 1. The van der Waals surface area contributed by atoms with Gasteiger partial charge in [0.1, 0.15) is 0 Å². The summed E-state index contributed by atoms with van der Waals surface area (Å²) in [5.74, 6) is 1.21.